The number of amides is 2. The molecule has 0 saturated carbocycles. The molecule has 1 aliphatic rings. The Labute approximate surface area is 180 Å². The van der Waals surface area contributed by atoms with E-state index in [4.69, 9.17) is 16.3 Å². The lowest BCUT2D eigenvalue weighted by atomic mass is 10.1. The lowest BCUT2D eigenvalue weighted by Crippen LogP contribution is -2.28. The first-order chi connectivity index (χ1) is 14.6. The number of nitrogens with zero attached hydrogens (tertiary/aromatic N) is 1. The van der Waals surface area contributed by atoms with Gasteiger partial charge in [-0.2, -0.15) is 13.2 Å². The van der Waals surface area contributed by atoms with Gasteiger partial charge >= 0.3 is 12.1 Å². The zero-order valence-electron chi connectivity index (χ0n) is 16.3. The molecular weight excluding hydrogens is 437 g/mol. The summed E-state index contributed by atoms with van der Waals surface area (Å²) in [5.41, 5.74) is -0.0680. The number of hydrogen-bond acceptors (Lipinski definition) is 4. The van der Waals surface area contributed by atoms with E-state index in [2.05, 4.69) is 5.32 Å². The molecule has 0 aliphatic carbocycles. The number of carbonyl (C=O) groups excluding carboxylic acids is 3. The molecule has 31 heavy (non-hydrogen) atoms. The Bertz CT molecular complexity index is 1030. The minimum Gasteiger partial charge on any atom is -0.455 e. The van der Waals surface area contributed by atoms with E-state index < -0.39 is 41.8 Å². The molecule has 6 nitrogen and oxygen atoms in total. The van der Waals surface area contributed by atoms with Gasteiger partial charge in [0.05, 0.1) is 17.2 Å². The van der Waals surface area contributed by atoms with E-state index in [1.54, 1.807) is 18.2 Å². The first-order valence-electron chi connectivity index (χ1n) is 9.25. The molecule has 3 rings (SSSR count). The zero-order valence-corrected chi connectivity index (χ0v) is 17.1. The highest BCUT2D eigenvalue weighted by atomic mass is 35.5. The number of nitrogens with one attached hydrogen (secondary N) is 1. The zero-order chi connectivity index (χ0) is 22.8. The fourth-order valence-electron chi connectivity index (χ4n) is 3.14. The first-order valence-corrected chi connectivity index (χ1v) is 9.63. The number of hydrogen-bond donors (Lipinski definition) is 1. The van der Waals surface area contributed by atoms with Crippen LogP contribution >= 0.6 is 11.6 Å². The van der Waals surface area contributed by atoms with Gasteiger partial charge in [-0.25, -0.2) is 0 Å². The normalized spacial score (nSPS) is 16.4. The average molecular weight is 455 g/mol. The maximum Gasteiger partial charge on any atom is 0.418 e. The monoisotopic (exact) mass is 454 g/mol. The van der Waals surface area contributed by atoms with E-state index in [1.807, 2.05) is 6.92 Å². The maximum absolute atomic E-state index is 13.0. The average Bonchev–Trinajstić information content (AvgIpc) is 3.09. The highest BCUT2D eigenvalue weighted by molar-refractivity contribution is 6.31. The van der Waals surface area contributed by atoms with Crippen molar-refractivity contribution in [2.75, 3.05) is 23.4 Å². The molecule has 10 heteroatoms. The van der Waals surface area contributed by atoms with Gasteiger partial charge in [-0.05, 0) is 36.8 Å². The predicted octanol–water partition coefficient (Wildman–Crippen LogP) is 4.20. The van der Waals surface area contributed by atoms with Crippen molar-refractivity contribution in [1.29, 1.82) is 0 Å². The highest BCUT2D eigenvalue weighted by Gasteiger charge is 2.37. The van der Waals surface area contributed by atoms with Crippen molar-refractivity contribution < 1.29 is 32.3 Å². The van der Waals surface area contributed by atoms with Crippen LogP contribution in [0.15, 0.2) is 42.5 Å². The van der Waals surface area contributed by atoms with E-state index in [0.717, 1.165) is 17.7 Å². The molecule has 2 aromatic carbocycles. The van der Waals surface area contributed by atoms with Gasteiger partial charge in [0.2, 0.25) is 5.91 Å². The van der Waals surface area contributed by atoms with Gasteiger partial charge < -0.3 is 15.0 Å². The molecule has 0 unspecified atom stereocenters. The van der Waals surface area contributed by atoms with Crippen molar-refractivity contribution in [2.24, 2.45) is 5.92 Å². The van der Waals surface area contributed by atoms with Crippen LogP contribution < -0.4 is 10.2 Å². The Hall–Kier alpha value is -3.07. The molecule has 0 aromatic heterocycles. The Morgan fingerprint density at radius 3 is 2.61 bits per heavy atom. The fourth-order valence-corrected chi connectivity index (χ4v) is 3.32. The summed E-state index contributed by atoms with van der Waals surface area (Å²) in [7, 11) is 0. The van der Waals surface area contributed by atoms with Gasteiger partial charge in [0, 0.05) is 23.7 Å². The third kappa shape index (κ3) is 5.35. The summed E-state index contributed by atoms with van der Waals surface area (Å²) in [5.74, 6) is -2.81. The standard InChI is InChI=1S/C21H18ClF3N2O4/c1-12-6-7-14(9-16(12)22)27-10-13(8-19(27)29)20(30)31-11-18(28)26-17-5-3-2-4-15(17)21(23,24)25/h2-7,9,13H,8,10-11H2,1H3,(H,26,28)/t13-/m1/s1. The Morgan fingerprint density at radius 2 is 1.94 bits per heavy atom. The molecule has 2 aromatic rings. The lowest BCUT2D eigenvalue weighted by molar-refractivity contribution is -0.151. The van der Waals surface area contributed by atoms with E-state index in [0.29, 0.717) is 10.7 Å². The van der Waals surface area contributed by atoms with E-state index in [-0.39, 0.29) is 18.9 Å². The molecule has 1 N–H and O–H groups in total. The molecule has 2 amide bonds. The van der Waals surface area contributed by atoms with Crippen LogP contribution in [-0.2, 0) is 25.3 Å². The number of carbonyl (C=O) groups is 3. The Kier molecular flexibility index (Phi) is 6.54. The molecule has 164 valence electrons. The van der Waals surface area contributed by atoms with Crippen LogP contribution in [0.4, 0.5) is 24.5 Å². The SMILES string of the molecule is Cc1ccc(N2C[C@H](C(=O)OCC(=O)Nc3ccccc3C(F)(F)F)CC2=O)cc1Cl. The van der Waals surface area contributed by atoms with Gasteiger partial charge in [-0.15, -0.1) is 0 Å². The molecule has 0 spiro atoms. The van der Waals surface area contributed by atoms with Gasteiger partial charge in [0.25, 0.3) is 5.91 Å². The number of ether oxygens (including phenoxy) is 1. The quantitative estimate of drug-likeness (QED) is 0.687. The van der Waals surface area contributed by atoms with Crippen LogP contribution in [0.1, 0.15) is 17.5 Å². The second-order valence-electron chi connectivity index (χ2n) is 7.04. The number of halogens is 4. The minimum absolute atomic E-state index is 0.0512. The second-order valence-corrected chi connectivity index (χ2v) is 7.45. The molecule has 1 heterocycles. The van der Waals surface area contributed by atoms with Crippen LogP contribution in [-0.4, -0.2) is 30.9 Å². The topological polar surface area (TPSA) is 75.7 Å². The van der Waals surface area contributed by atoms with Crippen LogP contribution in [0.25, 0.3) is 0 Å². The van der Waals surface area contributed by atoms with Crippen molar-refractivity contribution in [1.82, 2.24) is 0 Å². The van der Waals surface area contributed by atoms with E-state index in [9.17, 15) is 27.6 Å². The summed E-state index contributed by atoms with van der Waals surface area (Å²) in [6.45, 7) is 1.10. The largest absolute Gasteiger partial charge is 0.455 e. The van der Waals surface area contributed by atoms with Crippen molar-refractivity contribution in [3.63, 3.8) is 0 Å². The summed E-state index contributed by atoms with van der Waals surface area (Å²) in [5, 5.41) is 2.57. The van der Waals surface area contributed by atoms with E-state index >= 15 is 0 Å². The summed E-state index contributed by atoms with van der Waals surface area (Å²) in [6, 6.07) is 9.54. The van der Waals surface area contributed by atoms with Crippen molar-refractivity contribution in [3.05, 3.63) is 58.6 Å². The molecule has 1 saturated heterocycles. The second kappa shape index (κ2) is 8.97. The molecule has 1 atom stereocenters. The maximum atomic E-state index is 13.0. The number of aryl methyl sites for hydroxylation is 1. The summed E-state index contributed by atoms with van der Waals surface area (Å²) < 4.78 is 43.9. The number of para-hydroxylation sites is 1. The number of anilines is 2. The first kappa shape index (κ1) is 22.6. The van der Waals surface area contributed by atoms with Gasteiger partial charge in [0.1, 0.15) is 0 Å². The molecule has 1 fully saturated rings. The van der Waals surface area contributed by atoms with Crippen LogP contribution in [0, 0.1) is 12.8 Å². The van der Waals surface area contributed by atoms with E-state index in [1.165, 1.54) is 17.0 Å². The molecular formula is C21H18ClF3N2O4. The van der Waals surface area contributed by atoms with Crippen molar-refractivity contribution >= 4 is 40.8 Å². The predicted molar refractivity (Wildman–Crippen MR) is 108 cm³/mol. The summed E-state index contributed by atoms with van der Waals surface area (Å²) in [6.07, 6.45) is -4.75. The minimum atomic E-state index is -4.65. The smallest absolute Gasteiger partial charge is 0.418 e. The fraction of sp³-hybridized carbons (Fsp3) is 0.286. The van der Waals surface area contributed by atoms with Crippen LogP contribution in [0.2, 0.25) is 5.02 Å². The van der Waals surface area contributed by atoms with Gasteiger partial charge in [0.15, 0.2) is 6.61 Å². The number of rotatable bonds is 5. The van der Waals surface area contributed by atoms with Crippen LogP contribution in [0.5, 0.6) is 0 Å². The number of benzene rings is 2. The number of esters is 1. The third-order valence-corrected chi connectivity index (χ3v) is 5.18. The van der Waals surface area contributed by atoms with Crippen LogP contribution in [0.3, 0.4) is 0 Å². The molecule has 0 bridgehead atoms. The highest BCUT2D eigenvalue weighted by Crippen LogP contribution is 2.34. The van der Waals surface area contributed by atoms with Gasteiger partial charge in [-0.3, -0.25) is 14.4 Å². The molecule has 1 aliphatic heterocycles. The van der Waals surface area contributed by atoms with Crippen molar-refractivity contribution in [2.45, 2.75) is 19.5 Å². The number of alkyl halides is 3. The lowest BCUT2D eigenvalue weighted by Gasteiger charge is -2.17. The van der Waals surface area contributed by atoms with Gasteiger partial charge in [-0.1, -0.05) is 29.8 Å². The third-order valence-electron chi connectivity index (χ3n) is 4.78. The molecule has 0 radical (unpaired) electrons. The Balaban J connectivity index is 1.57. The Morgan fingerprint density at radius 1 is 1.23 bits per heavy atom. The summed E-state index contributed by atoms with van der Waals surface area (Å²) in [4.78, 5) is 38.0. The summed E-state index contributed by atoms with van der Waals surface area (Å²) >= 11 is 6.08. The van der Waals surface area contributed by atoms with Crippen molar-refractivity contribution in [3.8, 4) is 0 Å².